The van der Waals surface area contributed by atoms with Gasteiger partial charge in [-0.3, -0.25) is 10.7 Å². The number of nitrogens with one attached hydrogen (secondary N) is 1. The Balaban J connectivity index is 2.49. The molecular weight excluding hydrogens is 132 g/mol. The predicted octanol–water partition coefficient (Wildman–Crippen LogP) is -0.704. The van der Waals surface area contributed by atoms with E-state index in [1.165, 1.54) is 6.42 Å². The molecule has 0 saturated heterocycles. The van der Waals surface area contributed by atoms with Crippen LogP contribution >= 0.6 is 11.8 Å². The summed E-state index contributed by atoms with van der Waals surface area (Å²) in [5, 5.41) is 1.57. The summed E-state index contributed by atoms with van der Waals surface area (Å²) >= 11 is 1.76. The largest absolute Gasteiger partial charge is 0.302 e. The van der Waals surface area contributed by atoms with E-state index in [1.54, 1.807) is 11.8 Å². The first-order valence-corrected chi connectivity index (χ1v) is 4.17. The monoisotopic (exact) mass is 145 g/mol. The summed E-state index contributed by atoms with van der Waals surface area (Å²) in [6.45, 7) is 4.36. The third-order valence-electron chi connectivity index (χ3n) is 1.61. The van der Waals surface area contributed by atoms with Gasteiger partial charge in [0.1, 0.15) is 6.04 Å². The highest BCUT2D eigenvalue weighted by Gasteiger charge is 2.27. The van der Waals surface area contributed by atoms with Crippen LogP contribution in [0.25, 0.3) is 0 Å². The molecule has 3 heteroatoms. The molecule has 1 aliphatic heterocycles. The lowest BCUT2D eigenvalue weighted by molar-refractivity contribution is -0.491. The maximum Gasteiger partial charge on any atom is 0.302 e. The van der Waals surface area contributed by atoms with E-state index in [0.717, 1.165) is 5.17 Å². The number of nitrogens with two attached hydrogens (primary N) is 1. The Morgan fingerprint density at radius 2 is 2.44 bits per heavy atom. The molecule has 2 nitrogen and oxygen atoms in total. The molecule has 52 valence electrons. The van der Waals surface area contributed by atoms with Crippen molar-refractivity contribution in [2.24, 2.45) is 5.73 Å². The number of thioether (sulfide) groups is 1. The number of hydrogen-bond acceptors (Lipinski definition) is 2. The van der Waals surface area contributed by atoms with E-state index in [1.807, 2.05) is 0 Å². The highest BCUT2D eigenvalue weighted by Crippen LogP contribution is 2.17. The van der Waals surface area contributed by atoms with Crippen molar-refractivity contribution in [2.75, 3.05) is 0 Å². The molecule has 1 aliphatic rings. The van der Waals surface area contributed by atoms with Crippen LogP contribution in [0.3, 0.4) is 0 Å². The summed E-state index contributed by atoms with van der Waals surface area (Å²) in [5.41, 5.74) is 5.56. The van der Waals surface area contributed by atoms with Crippen LogP contribution in [0.5, 0.6) is 0 Å². The number of rotatable bonds is 1. The summed E-state index contributed by atoms with van der Waals surface area (Å²) in [6, 6.07) is 0.556. The van der Waals surface area contributed by atoms with Crippen LogP contribution in [-0.2, 0) is 0 Å². The van der Waals surface area contributed by atoms with Gasteiger partial charge in [-0.25, -0.2) is 0 Å². The molecule has 1 rings (SSSR count). The van der Waals surface area contributed by atoms with Crippen molar-refractivity contribution in [3.8, 4) is 0 Å². The highest BCUT2D eigenvalue weighted by molar-refractivity contribution is 8.14. The van der Waals surface area contributed by atoms with Gasteiger partial charge in [0.15, 0.2) is 0 Å². The van der Waals surface area contributed by atoms with Crippen molar-refractivity contribution in [2.45, 2.75) is 31.6 Å². The van der Waals surface area contributed by atoms with Crippen molar-refractivity contribution in [1.82, 2.24) is 0 Å². The van der Waals surface area contributed by atoms with Gasteiger partial charge >= 0.3 is 5.17 Å². The zero-order valence-electron chi connectivity index (χ0n) is 5.85. The molecule has 2 atom stereocenters. The van der Waals surface area contributed by atoms with Crippen molar-refractivity contribution in [3.05, 3.63) is 0 Å². The van der Waals surface area contributed by atoms with E-state index in [4.69, 9.17) is 5.73 Å². The maximum absolute atomic E-state index is 5.56. The zero-order valence-corrected chi connectivity index (χ0v) is 6.66. The van der Waals surface area contributed by atoms with Gasteiger partial charge in [-0.1, -0.05) is 6.92 Å². The van der Waals surface area contributed by atoms with Gasteiger partial charge < -0.3 is 0 Å². The van der Waals surface area contributed by atoms with Gasteiger partial charge in [0.05, 0.1) is 5.25 Å². The molecule has 0 unspecified atom stereocenters. The molecule has 0 aromatic carbocycles. The fraction of sp³-hybridized carbons (Fsp3) is 0.833. The molecule has 9 heavy (non-hydrogen) atoms. The molecular formula is C6H13N2S+. The topological polar surface area (TPSA) is 40.0 Å². The Bertz CT molecular complexity index is 133. The minimum Gasteiger partial charge on any atom is -0.282 e. The molecule has 0 aliphatic carbocycles. The lowest BCUT2D eigenvalue weighted by Gasteiger charge is -2.04. The van der Waals surface area contributed by atoms with Gasteiger partial charge in [0, 0.05) is 0 Å². The second-order valence-corrected chi connectivity index (χ2v) is 3.64. The van der Waals surface area contributed by atoms with Crippen molar-refractivity contribution >= 4 is 16.9 Å². The quantitative estimate of drug-likeness (QED) is 0.512. The average Bonchev–Trinajstić information content (AvgIpc) is 2.10. The van der Waals surface area contributed by atoms with Gasteiger partial charge in [0.25, 0.3) is 0 Å². The molecule has 0 aromatic rings. The third-order valence-corrected chi connectivity index (χ3v) is 3.02. The lowest BCUT2D eigenvalue weighted by atomic mass is 10.2. The van der Waals surface area contributed by atoms with Crippen molar-refractivity contribution in [3.63, 3.8) is 0 Å². The molecule has 0 bridgehead atoms. The Labute approximate surface area is 59.9 Å². The van der Waals surface area contributed by atoms with Crippen molar-refractivity contribution < 1.29 is 4.99 Å². The maximum atomic E-state index is 5.56. The molecule has 0 saturated carbocycles. The molecule has 0 radical (unpaired) electrons. The molecule has 0 aromatic heterocycles. The SMILES string of the molecule is CC[C@H]1SC(N)=[NH+][C@@H]1C. The molecule has 0 spiro atoms. The highest BCUT2D eigenvalue weighted by atomic mass is 32.2. The summed E-state index contributed by atoms with van der Waals surface area (Å²) < 4.78 is 0. The van der Waals surface area contributed by atoms with Gasteiger partial charge in [0.2, 0.25) is 0 Å². The second kappa shape index (κ2) is 2.60. The molecule has 0 amide bonds. The van der Waals surface area contributed by atoms with Crippen LogP contribution in [0.15, 0.2) is 0 Å². The fourth-order valence-electron chi connectivity index (χ4n) is 1.05. The van der Waals surface area contributed by atoms with E-state index in [0.29, 0.717) is 11.3 Å². The minimum absolute atomic E-state index is 0.556. The minimum atomic E-state index is 0.556. The van der Waals surface area contributed by atoms with Crippen LogP contribution in [0, 0.1) is 0 Å². The summed E-state index contributed by atoms with van der Waals surface area (Å²) in [6.07, 6.45) is 1.19. The Morgan fingerprint density at radius 1 is 1.78 bits per heavy atom. The lowest BCUT2D eigenvalue weighted by Crippen LogP contribution is -2.78. The Kier molecular flexibility index (Phi) is 2.01. The first kappa shape index (κ1) is 6.93. The van der Waals surface area contributed by atoms with E-state index >= 15 is 0 Å². The summed E-state index contributed by atoms with van der Waals surface area (Å²) in [4.78, 5) is 3.18. The van der Waals surface area contributed by atoms with Crippen LogP contribution in [0.2, 0.25) is 0 Å². The average molecular weight is 145 g/mol. The van der Waals surface area contributed by atoms with Crippen LogP contribution < -0.4 is 10.7 Å². The normalized spacial score (nSPS) is 34.7. The van der Waals surface area contributed by atoms with Crippen LogP contribution in [0.1, 0.15) is 20.3 Å². The molecule has 1 heterocycles. The first-order chi connectivity index (χ1) is 4.24. The second-order valence-electron chi connectivity index (χ2n) is 2.36. The van der Waals surface area contributed by atoms with Gasteiger partial charge in [-0.15, -0.1) is 0 Å². The van der Waals surface area contributed by atoms with E-state index in [-0.39, 0.29) is 0 Å². The van der Waals surface area contributed by atoms with E-state index in [2.05, 4.69) is 18.8 Å². The third kappa shape index (κ3) is 1.39. The van der Waals surface area contributed by atoms with Crippen LogP contribution in [0.4, 0.5) is 0 Å². The van der Waals surface area contributed by atoms with E-state index < -0.39 is 0 Å². The van der Waals surface area contributed by atoms with Crippen molar-refractivity contribution in [1.29, 1.82) is 0 Å². The van der Waals surface area contributed by atoms with Gasteiger partial charge in [-0.05, 0) is 25.1 Å². The Hall–Kier alpha value is -0.180. The smallest absolute Gasteiger partial charge is 0.282 e. The molecule has 0 fully saturated rings. The first-order valence-electron chi connectivity index (χ1n) is 3.29. The van der Waals surface area contributed by atoms with Gasteiger partial charge in [-0.2, -0.15) is 0 Å². The standard InChI is InChI=1S/C6H12N2S/c1-3-5-4(2)8-6(7)9-5/h4-5H,3H2,1-2H3,(H2,7,8)/p+1/t4-,5-/m1/s1. The predicted molar refractivity (Wildman–Crippen MR) is 41.3 cm³/mol. The summed E-state index contributed by atoms with van der Waals surface area (Å²) in [5.74, 6) is 0. The number of hydrogen-bond donors (Lipinski definition) is 2. The van der Waals surface area contributed by atoms with E-state index in [9.17, 15) is 0 Å². The molecule has 3 N–H and O–H groups in total. The summed E-state index contributed by atoms with van der Waals surface area (Å²) in [7, 11) is 0. The zero-order chi connectivity index (χ0) is 6.85. The number of amidine groups is 1. The Morgan fingerprint density at radius 3 is 2.67 bits per heavy atom. The fourth-order valence-corrected chi connectivity index (χ4v) is 2.07. The van der Waals surface area contributed by atoms with Crippen LogP contribution in [-0.4, -0.2) is 16.5 Å².